The van der Waals surface area contributed by atoms with E-state index in [4.69, 9.17) is 13.9 Å². The molecule has 0 aliphatic carbocycles. The molecule has 0 spiro atoms. The zero-order chi connectivity index (χ0) is 18.0. The zero-order valence-electron chi connectivity index (χ0n) is 13.9. The first kappa shape index (κ1) is 17.0. The third-order valence-electron chi connectivity index (χ3n) is 4.01. The number of aliphatic hydroxyl groups is 1. The van der Waals surface area contributed by atoms with Crippen LogP contribution in [0.2, 0.25) is 0 Å². The largest absolute Gasteiger partial charge is 0.489 e. The van der Waals surface area contributed by atoms with E-state index in [1.807, 2.05) is 0 Å². The average Bonchev–Trinajstić information content (AvgIpc) is 2.92. The summed E-state index contributed by atoms with van der Waals surface area (Å²) in [7, 11) is 0. The molecule has 2 heterocycles. The molecule has 0 bridgehead atoms. The fourth-order valence-electron chi connectivity index (χ4n) is 2.50. The molecule has 1 N–H and O–H groups in total. The predicted molar refractivity (Wildman–Crippen MR) is 91.4 cm³/mol. The van der Waals surface area contributed by atoms with E-state index < -0.39 is 23.8 Å². The Morgan fingerprint density at radius 1 is 1.32 bits per heavy atom. The number of cyclic esters (lactones) is 1. The maximum atomic E-state index is 11.4. The molecule has 0 fully saturated rings. The number of fused-ring (bicyclic) bond motifs is 1. The minimum atomic E-state index is -0.917. The molecule has 1 aliphatic heterocycles. The molecular formula is C19H18O6. The highest BCUT2D eigenvalue weighted by atomic mass is 16.6. The summed E-state index contributed by atoms with van der Waals surface area (Å²) in [4.78, 5) is 22.6. The summed E-state index contributed by atoms with van der Waals surface area (Å²) < 4.78 is 15.8. The number of carbonyl (C=O) groups excluding carboxylic acids is 1. The van der Waals surface area contributed by atoms with E-state index in [9.17, 15) is 14.7 Å². The third-order valence-corrected chi connectivity index (χ3v) is 4.01. The van der Waals surface area contributed by atoms with Crippen molar-refractivity contribution >= 4 is 16.9 Å². The number of rotatable bonds is 5. The minimum absolute atomic E-state index is 0.217. The lowest BCUT2D eigenvalue weighted by Gasteiger charge is -2.17. The van der Waals surface area contributed by atoms with Crippen LogP contribution in [0.1, 0.15) is 13.8 Å². The molecule has 2 atom stereocenters. The zero-order valence-corrected chi connectivity index (χ0v) is 13.9. The Morgan fingerprint density at radius 3 is 2.80 bits per heavy atom. The molecule has 1 aromatic carbocycles. The smallest absolute Gasteiger partial charge is 0.336 e. The van der Waals surface area contributed by atoms with Gasteiger partial charge in [0.25, 0.3) is 0 Å². The molecule has 0 saturated heterocycles. The van der Waals surface area contributed by atoms with Gasteiger partial charge in [-0.25, -0.2) is 9.59 Å². The molecule has 2 aromatic rings. The molecule has 1 aromatic heterocycles. The molecule has 0 amide bonds. The summed E-state index contributed by atoms with van der Waals surface area (Å²) in [5.74, 6) is 0.134. The summed E-state index contributed by atoms with van der Waals surface area (Å²) in [6.45, 7) is 3.60. The van der Waals surface area contributed by atoms with Crippen molar-refractivity contribution in [1.29, 1.82) is 0 Å². The lowest BCUT2D eigenvalue weighted by Crippen LogP contribution is -2.27. The van der Waals surface area contributed by atoms with Crippen molar-refractivity contribution in [1.82, 2.24) is 0 Å². The van der Waals surface area contributed by atoms with E-state index in [-0.39, 0.29) is 6.61 Å². The molecular weight excluding hydrogens is 324 g/mol. The van der Waals surface area contributed by atoms with Gasteiger partial charge in [0.2, 0.25) is 0 Å². The predicted octanol–water partition coefficient (Wildman–Crippen LogP) is 2.35. The second-order valence-electron chi connectivity index (χ2n) is 5.88. The average molecular weight is 342 g/mol. The summed E-state index contributed by atoms with van der Waals surface area (Å²) in [5, 5.41) is 11.0. The van der Waals surface area contributed by atoms with Crippen LogP contribution in [-0.2, 0) is 9.53 Å². The van der Waals surface area contributed by atoms with Gasteiger partial charge in [-0.15, -0.1) is 0 Å². The number of hydrogen-bond donors (Lipinski definition) is 1. The van der Waals surface area contributed by atoms with Gasteiger partial charge < -0.3 is 19.0 Å². The van der Waals surface area contributed by atoms with E-state index in [2.05, 4.69) is 0 Å². The van der Waals surface area contributed by atoms with Crippen molar-refractivity contribution in [2.75, 3.05) is 6.61 Å². The highest BCUT2D eigenvalue weighted by molar-refractivity contribution is 5.90. The number of hydrogen-bond acceptors (Lipinski definition) is 6. The van der Waals surface area contributed by atoms with Gasteiger partial charge in [0.15, 0.2) is 6.10 Å². The van der Waals surface area contributed by atoms with E-state index >= 15 is 0 Å². The lowest BCUT2D eigenvalue weighted by atomic mass is 10.1. The van der Waals surface area contributed by atoms with Gasteiger partial charge in [0.1, 0.15) is 24.0 Å². The fourth-order valence-corrected chi connectivity index (χ4v) is 2.50. The molecule has 1 aliphatic rings. The van der Waals surface area contributed by atoms with Crippen LogP contribution in [0.25, 0.3) is 11.0 Å². The standard InChI is InChI=1S/C19H18O6/c1-11(18(21)16-9-12(2)19(22)25-16)7-8-23-14-5-3-13-4-6-17(20)24-15(13)10-14/h3-7,9-10,16,18,21H,8H2,1-2H3/b11-7+/t16-,18+/m1/s1. The van der Waals surface area contributed by atoms with Gasteiger partial charge in [-0.3, -0.25) is 0 Å². The van der Waals surface area contributed by atoms with Crippen LogP contribution in [0.5, 0.6) is 5.75 Å². The fraction of sp³-hybridized carbons (Fsp3) is 0.263. The topological polar surface area (TPSA) is 86.0 Å². The van der Waals surface area contributed by atoms with Gasteiger partial charge >= 0.3 is 11.6 Å². The molecule has 0 radical (unpaired) electrons. The van der Waals surface area contributed by atoms with E-state index in [0.717, 1.165) is 5.39 Å². The molecule has 25 heavy (non-hydrogen) atoms. The first-order valence-electron chi connectivity index (χ1n) is 7.85. The maximum absolute atomic E-state index is 11.4. The van der Waals surface area contributed by atoms with Gasteiger partial charge in [0, 0.05) is 23.1 Å². The quantitative estimate of drug-likeness (QED) is 0.510. The first-order chi connectivity index (χ1) is 11.9. The van der Waals surface area contributed by atoms with E-state index in [0.29, 0.717) is 22.5 Å². The summed E-state index contributed by atoms with van der Waals surface area (Å²) in [6, 6.07) is 8.25. The summed E-state index contributed by atoms with van der Waals surface area (Å²) >= 11 is 0. The van der Waals surface area contributed by atoms with Crippen LogP contribution in [0, 0.1) is 0 Å². The summed E-state index contributed by atoms with van der Waals surface area (Å²) in [6.07, 6.45) is 1.74. The molecule has 6 heteroatoms. The second kappa shape index (κ2) is 6.94. The second-order valence-corrected chi connectivity index (χ2v) is 5.88. The van der Waals surface area contributed by atoms with Crippen LogP contribution in [-0.4, -0.2) is 29.9 Å². The number of aliphatic hydroxyl groups excluding tert-OH is 1. The molecule has 0 saturated carbocycles. The van der Waals surface area contributed by atoms with Gasteiger partial charge in [0.05, 0.1) is 0 Å². The SMILES string of the molecule is CC1=C[C@H]([C@@H](O)/C(C)=C/COc2ccc3ccc(=O)oc3c2)OC1=O. The van der Waals surface area contributed by atoms with Crippen LogP contribution >= 0.6 is 0 Å². The van der Waals surface area contributed by atoms with Crippen molar-refractivity contribution < 1.29 is 23.8 Å². The molecule has 6 nitrogen and oxygen atoms in total. The van der Waals surface area contributed by atoms with Gasteiger partial charge in [-0.05, 0) is 49.8 Å². The Labute approximate surface area is 144 Å². The molecule has 3 rings (SSSR count). The first-order valence-corrected chi connectivity index (χ1v) is 7.85. The number of ether oxygens (including phenoxy) is 2. The van der Waals surface area contributed by atoms with Crippen molar-refractivity contribution in [3.05, 3.63) is 64.1 Å². The lowest BCUT2D eigenvalue weighted by molar-refractivity contribution is -0.142. The van der Waals surface area contributed by atoms with Gasteiger partial charge in [-0.1, -0.05) is 0 Å². The van der Waals surface area contributed by atoms with Crippen molar-refractivity contribution in [2.45, 2.75) is 26.1 Å². The van der Waals surface area contributed by atoms with E-state index in [1.54, 1.807) is 50.3 Å². The van der Waals surface area contributed by atoms with Crippen LogP contribution in [0.3, 0.4) is 0 Å². The Hall–Kier alpha value is -2.86. The highest BCUT2D eigenvalue weighted by Crippen LogP contribution is 2.21. The number of esters is 1. The Balaban J connectivity index is 1.64. The molecule has 0 unspecified atom stereocenters. The normalized spacial score (nSPS) is 18.8. The van der Waals surface area contributed by atoms with Crippen molar-refractivity contribution in [2.24, 2.45) is 0 Å². The van der Waals surface area contributed by atoms with Crippen LogP contribution in [0.15, 0.2) is 62.8 Å². The van der Waals surface area contributed by atoms with Crippen LogP contribution < -0.4 is 10.4 Å². The number of carbonyl (C=O) groups is 1. The Kier molecular flexibility index (Phi) is 4.72. The third kappa shape index (κ3) is 3.80. The van der Waals surface area contributed by atoms with Crippen molar-refractivity contribution in [3.8, 4) is 5.75 Å². The number of benzene rings is 1. The highest BCUT2D eigenvalue weighted by Gasteiger charge is 2.29. The monoisotopic (exact) mass is 342 g/mol. The Bertz CT molecular complexity index is 921. The van der Waals surface area contributed by atoms with Gasteiger partial charge in [-0.2, -0.15) is 0 Å². The van der Waals surface area contributed by atoms with E-state index in [1.165, 1.54) is 6.07 Å². The minimum Gasteiger partial charge on any atom is -0.489 e. The molecule has 130 valence electrons. The summed E-state index contributed by atoms with van der Waals surface area (Å²) in [5.41, 5.74) is 1.16. The van der Waals surface area contributed by atoms with Crippen LogP contribution in [0.4, 0.5) is 0 Å². The Morgan fingerprint density at radius 2 is 2.08 bits per heavy atom. The maximum Gasteiger partial charge on any atom is 0.336 e. The van der Waals surface area contributed by atoms with Crippen molar-refractivity contribution in [3.63, 3.8) is 0 Å².